The minimum absolute atomic E-state index is 0. The van der Waals surface area contributed by atoms with Crippen molar-refractivity contribution in [2.45, 2.75) is 0 Å². The van der Waals surface area contributed by atoms with Gasteiger partial charge in [0.05, 0.1) is 0 Å². The van der Waals surface area contributed by atoms with E-state index in [1.54, 1.807) is 0 Å². The predicted octanol–water partition coefficient (Wildman–Crippen LogP) is 2.21. The summed E-state index contributed by atoms with van der Waals surface area (Å²) < 4.78 is 4.04. The van der Waals surface area contributed by atoms with Crippen LogP contribution in [0.3, 0.4) is 0 Å². The highest BCUT2D eigenvalue weighted by molar-refractivity contribution is 7.35. The molecule has 2 N–H and O–H groups in total. The van der Waals surface area contributed by atoms with Gasteiger partial charge in [0.15, 0.2) is 0 Å². The van der Waals surface area contributed by atoms with Crippen molar-refractivity contribution in [2.75, 3.05) is 28.2 Å². The van der Waals surface area contributed by atoms with Crippen LogP contribution in [0.1, 0.15) is 0 Å². The molecule has 0 spiro atoms. The highest BCUT2D eigenvalue weighted by atomic mass is 35.5. The summed E-state index contributed by atoms with van der Waals surface area (Å²) in [5.41, 5.74) is 0. The molecule has 10 heteroatoms. The van der Waals surface area contributed by atoms with E-state index in [2.05, 4.69) is 28.5 Å². The number of nitrogens with one attached hydrogen (secondary N) is 2. The first-order chi connectivity index (χ1) is 5.54. The molecule has 0 amide bonds. The van der Waals surface area contributed by atoms with Crippen molar-refractivity contribution in [3.8, 4) is 0 Å². The zero-order valence-corrected chi connectivity index (χ0v) is 14.5. The summed E-state index contributed by atoms with van der Waals surface area (Å²) in [5, 5.41) is 0. The van der Waals surface area contributed by atoms with E-state index in [9.17, 15) is 0 Å². The van der Waals surface area contributed by atoms with Crippen LogP contribution in [0.5, 0.6) is 0 Å². The van der Waals surface area contributed by atoms with Crippen LogP contribution >= 0.6 is 60.6 Å². The second kappa shape index (κ2) is 20.0. The molecule has 0 bridgehead atoms. The monoisotopic (exact) mass is 318 g/mol. The number of halogens is 2. The summed E-state index contributed by atoms with van der Waals surface area (Å²) in [6.45, 7) is 0. The van der Waals surface area contributed by atoms with Crippen LogP contribution in [0.4, 0.5) is 0 Å². The van der Waals surface area contributed by atoms with Crippen molar-refractivity contribution in [1.29, 1.82) is 0 Å². The molecule has 0 aromatic heterocycles. The van der Waals surface area contributed by atoms with Crippen LogP contribution in [-0.4, -0.2) is 36.8 Å². The second-order valence-electron chi connectivity index (χ2n) is 2.15. The maximum absolute atomic E-state index is 2.88. The maximum Gasteiger partial charge on any atom is 0.308 e. The lowest BCUT2D eigenvalue weighted by molar-refractivity contribution is -0.438. The smallest absolute Gasteiger partial charge is 0.212 e. The standard InChI is InChI=1S/2C2H8N2P2.2ClH/c2*1-4(2)6-3-5;;/h2*5H2,1-2H3;2*1H/p+2. The van der Waals surface area contributed by atoms with E-state index in [4.69, 9.17) is 0 Å². The topological polar surface area (TPSA) is 30.1 Å². The largest absolute Gasteiger partial charge is 0.308 e. The molecule has 2 unspecified atom stereocenters. The highest BCUT2D eigenvalue weighted by Crippen LogP contribution is 1.89. The third-order valence-corrected chi connectivity index (χ3v) is 2.24. The summed E-state index contributed by atoms with van der Waals surface area (Å²) in [4.78, 5) is 5.76. The van der Waals surface area contributed by atoms with Crippen molar-refractivity contribution >= 4 is 60.6 Å². The average molecular weight is 319 g/mol. The minimum Gasteiger partial charge on any atom is -0.212 e. The van der Waals surface area contributed by atoms with E-state index in [1.165, 1.54) is 0 Å². The van der Waals surface area contributed by atoms with E-state index in [-0.39, 0.29) is 24.8 Å². The first kappa shape index (κ1) is 24.7. The van der Waals surface area contributed by atoms with Gasteiger partial charge in [-0.2, -0.15) is 9.72 Å². The first-order valence-electron chi connectivity index (χ1n) is 3.21. The molecule has 0 aliphatic rings. The molecule has 2 atom stereocenters. The molecule has 0 aromatic carbocycles. The van der Waals surface area contributed by atoms with Crippen LogP contribution in [0, 0.1) is 0 Å². The molecule has 0 heterocycles. The van der Waals surface area contributed by atoms with Gasteiger partial charge in [-0.15, -0.1) is 24.8 Å². The van der Waals surface area contributed by atoms with Crippen molar-refractivity contribution in [2.24, 2.45) is 0 Å². The van der Waals surface area contributed by atoms with Crippen LogP contribution in [0.15, 0.2) is 0 Å². The Morgan fingerprint density at radius 3 is 1.00 bits per heavy atom. The lowest BCUT2D eigenvalue weighted by atomic mass is 11.3. The molecule has 4 nitrogen and oxygen atoms in total. The Morgan fingerprint density at radius 2 is 1.00 bits per heavy atom. The third kappa shape index (κ3) is 37.4. The molecule has 14 heavy (non-hydrogen) atoms. The second-order valence-corrected chi connectivity index (χ2v) is 6.22. The zero-order valence-electron chi connectivity index (χ0n) is 8.76. The van der Waals surface area contributed by atoms with Crippen LogP contribution in [-0.2, 0) is 0 Å². The fourth-order valence-corrected chi connectivity index (χ4v) is 2.08. The van der Waals surface area contributed by atoms with Crippen molar-refractivity contribution in [3.63, 3.8) is 0 Å². The Labute approximate surface area is 107 Å². The molecule has 0 radical (unpaired) electrons. The summed E-state index contributed by atoms with van der Waals surface area (Å²) >= 11 is 0. The Hall–Kier alpha value is 1.56. The van der Waals surface area contributed by atoms with Crippen LogP contribution < -0.4 is 9.72 Å². The molecule has 0 saturated heterocycles. The normalized spacial score (nSPS) is 7.86. The fraction of sp³-hybridized carbons (Fsp3) is 1.00. The number of rotatable bonds is 2. The molecule has 0 rings (SSSR count). The molecule has 0 aromatic rings. The third-order valence-electron chi connectivity index (χ3n) is 0.515. The SMILES string of the molecule is C[N+](C)=PNP.C[N+](C)=PNP.Cl.Cl. The van der Waals surface area contributed by atoms with E-state index in [1.807, 2.05) is 36.8 Å². The number of hydrogen-bond donors (Lipinski definition) is 2. The Morgan fingerprint density at radius 1 is 0.786 bits per heavy atom. The summed E-state index contributed by atoms with van der Waals surface area (Å²) in [6.07, 6.45) is 0. The molecule has 88 valence electrons. The number of nitrogens with zero attached hydrogens (tertiary/aromatic N) is 2. The van der Waals surface area contributed by atoms with Gasteiger partial charge in [-0.3, -0.25) is 0 Å². The molecular formula is C4H20Cl2N4P4+2. The number of hydrogen-bond acceptors (Lipinski definition) is 0. The van der Waals surface area contributed by atoms with Gasteiger partial charge in [0.25, 0.3) is 0 Å². The Balaban J connectivity index is -0.0000000625. The highest BCUT2D eigenvalue weighted by Gasteiger charge is 1.75. The summed E-state index contributed by atoms with van der Waals surface area (Å²) in [6, 6.07) is 0. The fourth-order valence-electron chi connectivity index (χ4n) is 0.231. The van der Waals surface area contributed by atoms with E-state index in [0.717, 1.165) is 17.0 Å². The Kier molecular flexibility index (Phi) is 35.3. The van der Waals surface area contributed by atoms with Crippen molar-refractivity contribution < 1.29 is 8.66 Å². The van der Waals surface area contributed by atoms with Crippen LogP contribution in [0.25, 0.3) is 0 Å². The molecule has 0 aliphatic heterocycles. The van der Waals surface area contributed by atoms with Gasteiger partial charge >= 0.3 is 17.0 Å². The molecular weight excluding hydrogens is 299 g/mol. The van der Waals surface area contributed by atoms with Gasteiger partial charge < -0.3 is 0 Å². The quantitative estimate of drug-likeness (QED) is 0.765. The maximum atomic E-state index is 2.88. The molecule has 0 aliphatic carbocycles. The van der Waals surface area contributed by atoms with Crippen LogP contribution in [0.2, 0.25) is 0 Å². The van der Waals surface area contributed by atoms with Gasteiger partial charge in [0.1, 0.15) is 28.2 Å². The lowest BCUT2D eigenvalue weighted by Crippen LogP contribution is -1.87. The van der Waals surface area contributed by atoms with Gasteiger partial charge in [-0.1, -0.05) is 18.8 Å². The van der Waals surface area contributed by atoms with Gasteiger partial charge in [-0.05, 0) is 0 Å². The summed E-state index contributed by atoms with van der Waals surface area (Å²) in [7, 11) is 15.1. The minimum atomic E-state index is 0. The lowest BCUT2D eigenvalue weighted by Gasteiger charge is -1.75. The van der Waals surface area contributed by atoms with E-state index in [0.29, 0.717) is 0 Å². The van der Waals surface area contributed by atoms with Crippen molar-refractivity contribution in [1.82, 2.24) is 9.72 Å². The predicted molar refractivity (Wildman–Crippen MR) is 78.2 cm³/mol. The van der Waals surface area contributed by atoms with Gasteiger partial charge in [-0.25, -0.2) is 8.66 Å². The zero-order chi connectivity index (χ0) is 9.98. The average Bonchev–Trinajstić information content (AvgIpc) is 1.87. The van der Waals surface area contributed by atoms with E-state index < -0.39 is 0 Å². The first-order valence-corrected chi connectivity index (χ1v) is 6.06. The van der Waals surface area contributed by atoms with Crippen molar-refractivity contribution in [3.05, 3.63) is 0 Å². The van der Waals surface area contributed by atoms with Gasteiger partial charge in [0, 0.05) is 0 Å². The Bertz CT molecular complexity index is 139. The molecule has 0 fully saturated rings. The summed E-state index contributed by atoms with van der Waals surface area (Å²) in [5.74, 6) is 0. The molecule has 0 saturated carbocycles. The van der Waals surface area contributed by atoms with Gasteiger partial charge in [0.2, 0.25) is 0 Å². The van der Waals surface area contributed by atoms with E-state index >= 15 is 0 Å².